The molecule has 0 aliphatic carbocycles. The van der Waals surface area contributed by atoms with E-state index in [1.165, 1.54) is 11.1 Å². The van der Waals surface area contributed by atoms with Crippen molar-refractivity contribution < 1.29 is 9.84 Å². The number of fused-ring (bicyclic) bond motifs is 3. The second-order valence-electron chi connectivity index (χ2n) is 6.16. The molecule has 0 saturated carbocycles. The Morgan fingerprint density at radius 3 is 2.91 bits per heavy atom. The Bertz CT molecular complexity index is 731. The lowest BCUT2D eigenvalue weighted by Gasteiger charge is -2.37. The summed E-state index contributed by atoms with van der Waals surface area (Å²) in [5.41, 5.74) is 4.74. The average molecular weight is 360 g/mol. The SMILES string of the molecule is Cc1ccc2c(c1)C1OCCC1C(c1cc(O)ccc1Br)N2. The molecule has 22 heavy (non-hydrogen) atoms. The van der Waals surface area contributed by atoms with Crippen LogP contribution in [0.25, 0.3) is 0 Å². The number of halogens is 1. The fraction of sp³-hybridized carbons (Fsp3) is 0.333. The van der Waals surface area contributed by atoms with Crippen LogP contribution in [0.3, 0.4) is 0 Å². The van der Waals surface area contributed by atoms with E-state index in [-0.39, 0.29) is 12.1 Å². The van der Waals surface area contributed by atoms with Crippen molar-refractivity contribution in [1.29, 1.82) is 0 Å². The minimum absolute atomic E-state index is 0.135. The maximum atomic E-state index is 9.86. The Balaban J connectivity index is 1.82. The van der Waals surface area contributed by atoms with E-state index in [1.807, 2.05) is 12.1 Å². The number of aromatic hydroxyl groups is 1. The van der Waals surface area contributed by atoms with Gasteiger partial charge in [0, 0.05) is 28.2 Å². The quantitative estimate of drug-likeness (QED) is 0.774. The van der Waals surface area contributed by atoms with Gasteiger partial charge >= 0.3 is 0 Å². The van der Waals surface area contributed by atoms with Gasteiger partial charge in [-0.1, -0.05) is 33.6 Å². The van der Waals surface area contributed by atoms with E-state index in [9.17, 15) is 5.11 Å². The highest BCUT2D eigenvalue weighted by atomic mass is 79.9. The van der Waals surface area contributed by atoms with Crippen LogP contribution in [0.5, 0.6) is 5.75 Å². The zero-order valence-corrected chi connectivity index (χ0v) is 13.9. The summed E-state index contributed by atoms with van der Waals surface area (Å²) in [5, 5.41) is 13.5. The molecule has 1 saturated heterocycles. The third-order valence-electron chi connectivity index (χ3n) is 4.70. The Labute approximate surface area is 138 Å². The van der Waals surface area contributed by atoms with Gasteiger partial charge in [-0.3, -0.25) is 0 Å². The van der Waals surface area contributed by atoms with Crippen LogP contribution in [0.1, 0.15) is 35.3 Å². The summed E-state index contributed by atoms with van der Waals surface area (Å²) in [4.78, 5) is 0. The molecule has 2 aromatic rings. The molecule has 2 heterocycles. The fourth-order valence-electron chi connectivity index (χ4n) is 3.67. The Morgan fingerprint density at radius 2 is 2.05 bits per heavy atom. The van der Waals surface area contributed by atoms with Crippen LogP contribution in [-0.4, -0.2) is 11.7 Å². The van der Waals surface area contributed by atoms with Crippen LogP contribution in [0.15, 0.2) is 40.9 Å². The minimum atomic E-state index is 0.135. The number of phenolic OH excluding ortho intramolecular Hbond substituents is 1. The molecule has 3 unspecified atom stereocenters. The maximum Gasteiger partial charge on any atom is 0.116 e. The van der Waals surface area contributed by atoms with Gasteiger partial charge in [0.05, 0.1) is 12.1 Å². The van der Waals surface area contributed by atoms with E-state index in [4.69, 9.17) is 4.74 Å². The van der Waals surface area contributed by atoms with Crippen LogP contribution in [0, 0.1) is 12.8 Å². The topological polar surface area (TPSA) is 41.5 Å². The number of benzene rings is 2. The van der Waals surface area contributed by atoms with E-state index < -0.39 is 0 Å². The Morgan fingerprint density at radius 1 is 1.18 bits per heavy atom. The highest BCUT2D eigenvalue weighted by molar-refractivity contribution is 9.10. The number of aryl methyl sites for hydroxylation is 1. The van der Waals surface area contributed by atoms with E-state index in [0.717, 1.165) is 28.8 Å². The van der Waals surface area contributed by atoms with Crippen molar-refractivity contribution in [3.8, 4) is 5.75 Å². The van der Waals surface area contributed by atoms with Crippen molar-refractivity contribution in [3.05, 3.63) is 57.6 Å². The van der Waals surface area contributed by atoms with Crippen LogP contribution in [-0.2, 0) is 4.74 Å². The summed E-state index contributed by atoms with van der Waals surface area (Å²) in [7, 11) is 0. The fourth-order valence-corrected chi connectivity index (χ4v) is 4.16. The summed E-state index contributed by atoms with van der Waals surface area (Å²) >= 11 is 3.62. The zero-order chi connectivity index (χ0) is 15.3. The molecular weight excluding hydrogens is 342 g/mol. The molecule has 2 aliphatic heterocycles. The Hall–Kier alpha value is -1.52. The van der Waals surface area contributed by atoms with Crippen molar-refractivity contribution >= 4 is 21.6 Å². The molecule has 0 spiro atoms. The number of anilines is 1. The van der Waals surface area contributed by atoms with Gasteiger partial charge in [-0.2, -0.15) is 0 Å². The molecule has 2 aromatic carbocycles. The minimum Gasteiger partial charge on any atom is -0.508 e. The van der Waals surface area contributed by atoms with Crippen molar-refractivity contribution in [2.75, 3.05) is 11.9 Å². The number of nitrogens with one attached hydrogen (secondary N) is 1. The predicted octanol–water partition coefficient (Wildman–Crippen LogP) is 4.71. The van der Waals surface area contributed by atoms with E-state index >= 15 is 0 Å². The van der Waals surface area contributed by atoms with Crippen molar-refractivity contribution in [3.63, 3.8) is 0 Å². The number of hydrogen-bond acceptors (Lipinski definition) is 3. The summed E-state index contributed by atoms with van der Waals surface area (Å²) < 4.78 is 7.06. The average Bonchev–Trinajstić information content (AvgIpc) is 2.99. The first kappa shape index (κ1) is 14.1. The molecule has 1 fully saturated rings. The van der Waals surface area contributed by atoms with Crippen molar-refractivity contribution in [2.45, 2.75) is 25.5 Å². The lowest BCUT2D eigenvalue weighted by atomic mass is 9.80. The molecule has 0 radical (unpaired) electrons. The number of hydrogen-bond donors (Lipinski definition) is 2. The summed E-state index contributed by atoms with van der Waals surface area (Å²) in [5.74, 6) is 0.678. The second-order valence-corrected chi connectivity index (χ2v) is 7.02. The van der Waals surface area contributed by atoms with Crippen LogP contribution < -0.4 is 5.32 Å². The summed E-state index contributed by atoms with van der Waals surface area (Å²) in [6, 6.07) is 12.1. The van der Waals surface area contributed by atoms with Gasteiger partial charge in [-0.15, -0.1) is 0 Å². The first-order chi connectivity index (χ1) is 10.6. The summed E-state index contributed by atoms with van der Waals surface area (Å²) in [6.07, 6.45) is 1.16. The predicted molar refractivity (Wildman–Crippen MR) is 90.1 cm³/mol. The molecular formula is C18H18BrNO2. The first-order valence-corrected chi connectivity index (χ1v) is 8.40. The molecule has 4 heteroatoms. The number of rotatable bonds is 1. The summed E-state index contributed by atoms with van der Waals surface area (Å²) in [6.45, 7) is 2.90. The molecule has 2 aliphatic rings. The van der Waals surface area contributed by atoms with Gasteiger partial charge in [0.25, 0.3) is 0 Å². The number of ether oxygens (including phenoxy) is 1. The van der Waals surface area contributed by atoms with E-state index in [1.54, 1.807) is 6.07 Å². The molecule has 114 valence electrons. The van der Waals surface area contributed by atoms with Gasteiger partial charge in [-0.25, -0.2) is 0 Å². The molecule has 0 bridgehead atoms. The lowest BCUT2D eigenvalue weighted by molar-refractivity contribution is 0.0828. The highest BCUT2D eigenvalue weighted by Gasteiger charge is 2.42. The second kappa shape index (κ2) is 5.28. The van der Waals surface area contributed by atoms with Crippen molar-refractivity contribution in [1.82, 2.24) is 0 Å². The highest BCUT2D eigenvalue weighted by Crippen LogP contribution is 2.51. The molecule has 4 rings (SSSR count). The molecule has 3 nitrogen and oxygen atoms in total. The monoisotopic (exact) mass is 359 g/mol. The van der Waals surface area contributed by atoms with Crippen LogP contribution >= 0.6 is 15.9 Å². The molecule has 2 N–H and O–H groups in total. The lowest BCUT2D eigenvalue weighted by Crippen LogP contribution is -2.29. The molecule has 0 aromatic heterocycles. The van der Waals surface area contributed by atoms with E-state index in [0.29, 0.717) is 11.7 Å². The third-order valence-corrected chi connectivity index (χ3v) is 5.43. The van der Waals surface area contributed by atoms with Gasteiger partial charge < -0.3 is 15.2 Å². The van der Waals surface area contributed by atoms with Gasteiger partial charge in [-0.05, 0) is 43.2 Å². The van der Waals surface area contributed by atoms with E-state index in [2.05, 4.69) is 46.4 Å². The largest absolute Gasteiger partial charge is 0.508 e. The van der Waals surface area contributed by atoms with Crippen molar-refractivity contribution in [2.24, 2.45) is 5.92 Å². The van der Waals surface area contributed by atoms with Gasteiger partial charge in [0.15, 0.2) is 0 Å². The molecule has 3 atom stereocenters. The standard InChI is InChI=1S/C18H18BrNO2/c1-10-2-5-16-14(8-10)18-12(6-7-22-18)17(20-16)13-9-11(21)3-4-15(13)19/h2-5,8-9,12,17-18,20-21H,6-7H2,1H3. The number of phenols is 1. The van der Waals surface area contributed by atoms with Crippen LogP contribution in [0.4, 0.5) is 5.69 Å². The van der Waals surface area contributed by atoms with Gasteiger partial charge in [0.2, 0.25) is 0 Å². The molecule has 0 amide bonds. The zero-order valence-electron chi connectivity index (χ0n) is 12.3. The Kier molecular flexibility index (Phi) is 3.39. The normalized spacial score (nSPS) is 26.2. The third kappa shape index (κ3) is 2.22. The van der Waals surface area contributed by atoms with Crippen LogP contribution in [0.2, 0.25) is 0 Å². The first-order valence-electron chi connectivity index (χ1n) is 7.60. The maximum absolute atomic E-state index is 9.86. The van der Waals surface area contributed by atoms with Gasteiger partial charge in [0.1, 0.15) is 5.75 Å². The smallest absolute Gasteiger partial charge is 0.116 e.